The Hall–Kier alpha value is -2.52. The first kappa shape index (κ1) is 21.2. The number of para-hydroxylation sites is 1. The van der Waals surface area contributed by atoms with E-state index in [2.05, 4.69) is 15.0 Å². The number of hydrogen-bond donors (Lipinski definition) is 1. The first-order chi connectivity index (χ1) is 13.5. The van der Waals surface area contributed by atoms with Crippen LogP contribution in [0.15, 0.2) is 54.6 Å². The number of ether oxygens (including phenoxy) is 1. The fraction of sp³-hybridized carbons (Fsp3) is 0.211. The number of halogens is 7. The molecular formula is C19H13ClF6N2O. The molecule has 1 heterocycles. The molecule has 3 nitrogen and oxygen atoms in total. The van der Waals surface area contributed by atoms with Crippen LogP contribution in [0.4, 0.5) is 37.8 Å². The average Bonchev–Trinajstić information content (AvgIpc) is 2.62. The number of fused-ring (bicyclic) bond motifs is 1. The van der Waals surface area contributed by atoms with Crippen LogP contribution in [0.2, 0.25) is 5.02 Å². The van der Waals surface area contributed by atoms with Crippen molar-refractivity contribution in [3.05, 3.63) is 65.2 Å². The highest BCUT2D eigenvalue weighted by Gasteiger charge is 2.72. The molecule has 0 aliphatic heterocycles. The average molecular weight is 435 g/mol. The van der Waals surface area contributed by atoms with Gasteiger partial charge in [-0.3, -0.25) is 0 Å². The third-order valence-electron chi connectivity index (χ3n) is 4.34. The number of benzene rings is 2. The molecule has 3 aromatic rings. The molecule has 29 heavy (non-hydrogen) atoms. The van der Waals surface area contributed by atoms with E-state index in [1.54, 1.807) is 30.3 Å². The smallest absolute Gasteiger partial charge is 0.357 e. The molecule has 0 fully saturated rings. The Labute approximate surface area is 166 Å². The van der Waals surface area contributed by atoms with Crippen molar-refractivity contribution in [2.24, 2.45) is 0 Å². The number of aromatic nitrogens is 1. The fourth-order valence-electron chi connectivity index (χ4n) is 2.95. The van der Waals surface area contributed by atoms with E-state index in [9.17, 15) is 26.3 Å². The Morgan fingerprint density at radius 3 is 2.03 bits per heavy atom. The molecule has 0 aliphatic carbocycles. The summed E-state index contributed by atoms with van der Waals surface area (Å²) in [5.41, 5.74) is -4.77. The van der Waals surface area contributed by atoms with E-state index >= 15 is 0 Å². The van der Waals surface area contributed by atoms with E-state index in [1.165, 1.54) is 0 Å². The highest BCUT2D eigenvalue weighted by atomic mass is 35.5. The number of pyridine rings is 1. The lowest BCUT2D eigenvalue weighted by Gasteiger charge is -2.36. The number of anilines is 2. The van der Waals surface area contributed by atoms with Crippen LogP contribution in [0.3, 0.4) is 0 Å². The van der Waals surface area contributed by atoms with E-state index in [-0.39, 0.29) is 5.69 Å². The summed E-state index contributed by atoms with van der Waals surface area (Å²) >= 11 is 6.09. The van der Waals surface area contributed by atoms with Crippen molar-refractivity contribution in [2.75, 3.05) is 12.4 Å². The molecule has 0 atom stereocenters. The number of methoxy groups -OCH3 is 1. The van der Waals surface area contributed by atoms with E-state index in [0.29, 0.717) is 35.6 Å². The van der Waals surface area contributed by atoms with Crippen molar-refractivity contribution < 1.29 is 31.1 Å². The summed E-state index contributed by atoms with van der Waals surface area (Å²) in [5, 5.41) is 4.01. The summed E-state index contributed by atoms with van der Waals surface area (Å²) in [6.45, 7) is 0. The molecule has 154 valence electrons. The van der Waals surface area contributed by atoms with E-state index in [1.807, 2.05) is 0 Å². The summed E-state index contributed by atoms with van der Waals surface area (Å²) in [7, 11) is 0.371. The molecule has 0 aliphatic rings. The van der Waals surface area contributed by atoms with Crippen molar-refractivity contribution in [3.8, 4) is 0 Å². The maximum Gasteiger partial charge on any atom is 0.430 e. The minimum Gasteiger partial charge on any atom is -0.357 e. The molecule has 10 heteroatoms. The Kier molecular flexibility index (Phi) is 5.40. The SMILES string of the molecule is COC(c1ccc(Nc2ccc3cccc(Cl)c3n2)cc1)(C(F)(F)F)C(F)(F)F. The van der Waals surface area contributed by atoms with Gasteiger partial charge in [0.05, 0.1) is 10.5 Å². The molecule has 3 rings (SSSR count). The van der Waals surface area contributed by atoms with Gasteiger partial charge >= 0.3 is 12.4 Å². The number of alkyl halides is 6. The third kappa shape index (κ3) is 3.72. The summed E-state index contributed by atoms with van der Waals surface area (Å²) in [4.78, 5) is 4.31. The quantitative estimate of drug-likeness (QED) is 0.470. The van der Waals surface area contributed by atoms with Crippen LogP contribution in [0.5, 0.6) is 0 Å². The first-order valence-electron chi connectivity index (χ1n) is 8.11. The highest BCUT2D eigenvalue weighted by Crippen LogP contribution is 2.52. The van der Waals surface area contributed by atoms with Gasteiger partial charge in [0.25, 0.3) is 5.60 Å². The maximum absolute atomic E-state index is 13.3. The predicted molar refractivity (Wildman–Crippen MR) is 97.3 cm³/mol. The molecule has 1 N–H and O–H groups in total. The van der Waals surface area contributed by atoms with Crippen LogP contribution in [-0.2, 0) is 10.3 Å². The fourth-order valence-corrected chi connectivity index (χ4v) is 3.18. The Morgan fingerprint density at radius 1 is 0.862 bits per heavy atom. The Bertz CT molecular complexity index is 1000. The lowest BCUT2D eigenvalue weighted by molar-refractivity contribution is -0.383. The number of rotatable bonds is 4. The van der Waals surface area contributed by atoms with Crippen LogP contribution in [0.1, 0.15) is 5.56 Å². The second-order valence-corrected chi connectivity index (χ2v) is 6.50. The van der Waals surface area contributed by atoms with Gasteiger partial charge in [0.1, 0.15) is 5.82 Å². The summed E-state index contributed by atoms with van der Waals surface area (Å²) in [6.07, 6.45) is -11.4. The zero-order valence-corrected chi connectivity index (χ0v) is 15.5. The molecule has 0 saturated carbocycles. The lowest BCUT2D eigenvalue weighted by Crippen LogP contribution is -2.55. The van der Waals surface area contributed by atoms with Gasteiger partial charge in [0, 0.05) is 23.7 Å². The zero-order valence-electron chi connectivity index (χ0n) is 14.7. The molecule has 0 amide bonds. The van der Waals surface area contributed by atoms with Crippen molar-refractivity contribution in [3.63, 3.8) is 0 Å². The molecule has 2 aromatic carbocycles. The molecule has 0 radical (unpaired) electrons. The van der Waals surface area contributed by atoms with Crippen LogP contribution < -0.4 is 5.32 Å². The molecule has 1 aromatic heterocycles. The zero-order chi connectivity index (χ0) is 21.4. The summed E-state index contributed by atoms with van der Waals surface area (Å²) in [6, 6.07) is 12.1. The van der Waals surface area contributed by atoms with E-state index < -0.39 is 23.5 Å². The second kappa shape index (κ2) is 7.38. The number of nitrogens with zero attached hydrogens (tertiary/aromatic N) is 1. The second-order valence-electron chi connectivity index (χ2n) is 6.09. The minimum absolute atomic E-state index is 0.238. The minimum atomic E-state index is -5.70. The van der Waals surface area contributed by atoms with Crippen molar-refractivity contribution in [1.29, 1.82) is 0 Å². The van der Waals surface area contributed by atoms with Crippen molar-refractivity contribution >= 4 is 34.0 Å². The maximum atomic E-state index is 13.3. The lowest BCUT2D eigenvalue weighted by atomic mass is 9.91. The molecular weight excluding hydrogens is 422 g/mol. The van der Waals surface area contributed by atoms with Gasteiger partial charge in [-0.1, -0.05) is 35.9 Å². The Morgan fingerprint density at radius 2 is 1.48 bits per heavy atom. The van der Waals surface area contributed by atoms with Gasteiger partial charge < -0.3 is 10.1 Å². The van der Waals surface area contributed by atoms with Gasteiger partial charge in [0.15, 0.2) is 0 Å². The first-order valence-corrected chi connectivity index (χ1v) is 8.49. The standard InChI is InChI=1S/C19H13ClF6N2O/c1-29-17(18(21,22)23,19(24,25)26)12-6-8-13(9-7-12)27-15-10-5-11-3-2-4-14(20)16(11)28-15/h2-10H,1H3,(H,27,28). The highest BCUT2D eigenvalue weighted by molar-refractivity contribution is 6.35. The normalized spacial score (nSPS) is 13.0. The van der Waals surface area contributed by atoms with Crippen LogP contribution in [0.25, 0.3) is 10.9 Å². The van der Waals surface area contributed by atoms with Gasteiger partial charge in [0.2, 0.25) is 0 Å². The molecule has 0 spiro atoms. The van der Waals surface area contributed by atoms with Crippen LogP contribution in [-0.4, -0.2) is 24.4 Å². The predicted octanol–water partition coefficient (Wildman–Crippen LogP) is 6.60. The number of hydrogen-bond acceptors (Lipinski definition) is 3. The molecule has 0 unspecified atom stereocenters. The largest absolute Gasteiger partial charge is 0.430 e. The van der Waals surface area contributed by atoms with E-state index in [0.717, 1.165) is 17.5 Å². The van der Waals surface area contributed by atoms with Crippen LogP contribution >= 0.6 is 11.6 Å². The molecule has 0 bridgehead atoms. The Balaban J connectivity index is 1.95. The number of nitrogens with one attached hydrogen (secondary N) is 1. The monoisotopic (exact) mass is 434 g/mol. The summed E-state index contributed by atoms with van der Waals surface area (Å²) < 4.78 is 83.8. The van der Waals surface area contributed by atoms with Crippen LogP contribution in [0, 0.1) is 0 Å². The van der Waals surface area contributed by atoms with Gasteiger partial charge in [-0.2, -0.15) is 26.3 Å². The van der Waals surface area contributed by atoms with Gasteiger partial charge in [-0.25, -0.2) is 4.98 Å². The third-order valence-corrected chi connectivity index (χ3v) is 4.64. The van der Waals surface area contributed by atoms with Gasteiger partial charge in [-0.05, 0) is 30.3 Å². The van der Waals surface area contributed by atoms with E-state index in [4.69, 9.17) is 11.6 Å². The topological polar surface area (TPSA) is 34.1 Å². The van der Waals surface area contributed by atoms with Gasteiger partial charge in [-0.15, -0.1) is 0 Å². The van der Waals surface area contributed by atoms with Crippen molar-refractivity contribution in [2.45, 2.75) is 18.0 Å². The summed E-state index contributed by atoms with van der Waals surface area (Å²) in [5.74, 6) is 0.322. The molecule has 0 saturated heterocycles. The van der Waals surface area contributed by atoms with Crippen molar-refractivity contribution in [1.82, 2.24) is 4.98 Å².